The number of rotatable bonds is 10. The zero-order valence-electron chi connectivity index (χ0n) is 22.5. The van der Waals surface area contributed by atoms with Crippen LogP contribution < -0.4 is 24.7 Å². The summed E-state index contributed by atoms with van der Waals surface area (Å²) in [5, 5.41) is 0.724. The number of ketones is 1. The first-order chi connectivity index (χ1) is 16.9. The van der Waals surface area contributed by atoms with Gasteiger partial charge in [0.15, 0.2) is 34.6 Å². The van der Waals surface area contributed by atoms with Crippen LogP contribution in [0.2, 0.25) is 0 Å². The predicted molar refractivity (Wildman–Crippen MR) is 140 cm³/mol. The van der Waals surface area contributed by atoms with Crippen molar-refractivity contribution in [3.05, 3.63) is 41.3 Å². The Labute approximate surface area is 212 Å². The fraction of sp³-hybridized carbons (Fsp3) is 0.464. The van der Waals surface area contributed by atoms with Crippen LogP contribution in [0.3, 0.4) is 0 Å². The number of anilines is 1. The Hall–Kier alpha value is -3.42. The second-order valence-electron chi connectivity index (χ2n) is 9.89. The molecular formula is C28H37FN2O5. The number of hydrogen-bond donors (Lipinski definition) is 1. The van der Waals surface area contributed by atoms with Crippen molar-refractivity contribution in [2.24, 2.45) is 0 Å². The predicted octanol–water partition coefficient (Wildman–Crippen LogP) is 6.14. The Morgan fingerprint density at radius 1 is 1.06 bits per heavy atom. The lowest BCUT2D eigenvalue weighted by Gasteiger charge is -2.25. The molecule has 0 saturated carbocycles. The Kier molecular flexibility index (Phi) is 8.06. The first-order valence-corrected chi connectivity index (χ1v) is 12.2. The highest BCUT2D eigenvalue weighted by Gasteiger charge is 2.26. The Bertz CT molecular complexity index is 1260. The maximum atomic E-state index is 15.4. The van der Waals surface area contributed by atoms with Gasteiger partial charge in [-0.2, -0.15) is 0 Å². The number of carbonyl (C=O) groups is 1. The standard InChI is InChI=1S/C28H37FN2O5/c1-9-34-21-13-18-14-31(27(30)23(18)24(29)26(21)35-10-2)15-20(32)17-11-19(28(5,6)7)25(33-8)22(12-17)36-16(3)4/h11-14,16H,9-10,15,30H2,1-8H3. The average Bonchev–Trinajstić information content (AvgIpc) is 3.09. The normalized spacial score (nSPS) is 11.7. The number of Topliss-reactive ketones (excluding diaryl/α,β-unsaturated/α-hetero) is 1. The molecule has 1 aromatic heterocycles. The number of nitrogens with two attached hydrogens (primary N) is 1. The maximum Gasteiger partial charge on any atom is 0.197 e. The van der Waals surface area contributed by atoms with E-state index in [2.05, 4.69) is 0 Å². The molecule has 0 spiro atoms. The van der Waals surface area contributed by atoms with Gasteiger partial charge >= 0.3 is 0 Å². The molecule has 2 N–H and O–H groups in total. The lowest BCUT2D eigenvalue weighted by Crippen LogP contribution is -2.18. The van der Waals surface area contributed by atoms with E-state index in [1.165, 1.54) is 0 Å². The first-order valence-electron chi connectivity index (χ1n) is 12.2. The van der Waals surface area contributed by atoms with Crippen LogP contribution in [0.4, 0.5) is 10.2 Å². The molecule has 0 bridgehead atoms. The van der Waals surface area contributed by atoms with Crippen LogP contribution in [-0.2, 0) is 12.0 Å². The van der Waals surface area contributed by atoms with E-state index in [0.29, 0.717) is 34.8 Å². The molecule has 0 radical (unpaired) electrons. The molecule has 8 heteroatoms. The highest BCUT2D eigenvalue weighted by atomic mass is 19.1. The smallest absolute Gasteiger partial charge is 0.197 e. The number of ether oxygens (including phenoxy) is 4. The number of nitrogen functional groups attached to an aromatic ring is 1. The van der Waals surface area contributed by atoms with Gasteiger partial charge in [-0.25, -0.2) is 4.39 Å². The van der Waals surface area contributed by atoms with Crippen molar-refractivity contribution in [2.45, 2.75) is 66.5 Å². The zero-order valence-corrected chi connectivity index (χ0v) is 22.5. The van der Waals surface area contributed by atoms with Gasteiger partial charge in [-0.3, -0.25) is 4.79 Å². The summed E-state index contributed by atoms with van der Waals surface area (Å²) in [4.78, 5) is 13.5. The van der Waals surface area contributed by atoms with Gasteiger partial charge in [-0.05, 0) is 51.3 Å². The number of fused-ring (bicyclic) bond motifs is 1. The summed E-state index contributed by atoms with van der Waals surface area (Å²) < 4.78 is 39.7. The molecule has 7 nitrogen and oxygen atoms in total. The fourth-order valence-corrected chi connectivity index (χ4v) is 4.16. The molecule has 3 rings (SSSR count). The minimum atomic E-state index is -0.603. The molecule has 0 aliphatic rings. The summed E-state index contributed by atoms with van der Waals surface area (Å²) in [6, 6.07) is 5.20. The van der Waals surface area contributed by atoms with Crippen LogP contribution in [0.1, 0.15) is 64.4 Å². The van der Waals surface area contributed by atoms with Crippen LogP contribution in [-0.4, -0.2) is 36.8 Å². The van der Waals surface area contributed by atoms with Gasteiger partial charge in [0.1, 0.15) is 5.82 Å². The number of methoxy groups -OCH3 is 1. The molecule has 1 heterocycles. The number of hydrogen-bond acceptors (Lipinski definition) is 6. The number of halogens is 1. The summed E-state index contributed by atoms with van der Waals surface area (Å²) in [5.74, 6) is 0.767. The fourth-order valence-electron chi connectivity index (χ4n) is 4.16. The van der Waals surface area contributed by atoms with Crippen molar-refractivity contribution in [2.75, 3.05) is 26.1 Å². The molecule has 36 heavy (non-hydrogen) atoms. The van der Waals surface area contributed by atoms with Crippen LogP contribution in [0.5, 0.6) is 23.0 Å². The molecule has 0 atom stereocenters. The molecule has 0 fully saturated rings. The van der Waals surface area contributed by atoms with Crippen molar-refractivity contribution in [3.8, 4) is 23.0 Å². The van der Waals surface area contributed by atoms with Crippen molar-refractivity contribution in [3.63, 3.8) is 0 Å². The van der Waals surface area contributed by atoms with Crippen molar-refractivity contribution >= 4 is 22.4 Å². The third kappa shape index (κ3) is 5.37. The van der Waals surface area contributed by atoms with Crippen LogP contribution in [0, 0.1) is 5.82 Å². The quantitative estimate of drug-likeness (QED) is 0.337. The molecule has 3 aromatic rings. The van der Waals surface area contributed by atoms with Gasteiger partial charge in [0.2, 0.25) is 0 Å². The average molecular weight is 501 g/mol. The van der Waals surface area contributed by atoms with E-state index < -0.39 is 5.82 Å². The number of aromatic nitrogens is 1. The third-order valence-corrected chi connectivity index (χ3v) is 5.73. The van der Waals surface area contributed by atoms with E-state index in [-0.39, 0.29) is 47.4 Å². The van der Waals surface area contributed by atoms with E-state index >= 15 is 4.39 Å². The van der Waals surface area contributed by atoms with E-state index in [1.807, 2.05) is 47.6 Å². The second kappa shape index (κ2) is 10.7. The number of nitrogens with zero attached hydrogens (tertiary/aromatic N) is 1. The summed E-state index contributed by atoms with van der Waals surface area (Å²) >= 11 is 0. The van der Waals surface area contributed by atoms with Crippen molar-refractivity contribution in [1.29, 1.82) is 0 Å². The van der Waals surface area contributed by atoms with E-state index in [0.717, 1.165) is 5.56 Å². The Morgan fingerprint density at radius 2 is 1.72 bits per heavy atom. The topological polar surface area (TPSA) is 84.9 Å². The second-order valence-corrected chi connectivity index (χ2v) is 9.89. The summed E-state index contributed by atoms with van der Waals surface area (Å²) in [6.07, 6.45) is 1.55. The van der Waals surface area contributed by atoms with Gasteiger partial charge in [0.25, 0.3) is 0 Å². The van der Waals surface area contributed by atoms with Gasteiger partial charge in [-0.1, -0.05) is 20.8 Å². The lowest BCUT2D eigenvalue weighted by molar-refractivity contribution is 0.0972. The minimum absolute atomic E-state index is 0.0167. The summed E-state index contributed by atoms with van der Waals surface area (Å²) in [7, 11) is 1.59. The van der Waals surface area contributed by atoms with Crippen LogP contribution in [0.25, 0.3) is 10.8 Å². The molecule has 0 amide bonds. The van der Waals surface area contributed by atoms with Gasteiger partial charge in [-0.15, -0.1) is 0 Å². The summed E-state index contributed by atoms with van der Waals surface area (Å²) in [6.45, 7) is 14.1. The van der Waals surface area contributed by atoms with E-state index in [4.69, 9.17) is 24.7 Å². The Morgan fingerprint density at radius 3 is 2.28 bits per heavy atom. The van der Waals surface area contributed by atoms with E-state index in [1.54, 1.807) is 36.9 Å². The molecule has 0 unspecified atom stereocenters. The van der Waals surface area contributed by atoms with Crippen LogP contribution in [0.15, 0.2) is 24.4 Å². The minimum Gasteiger partial charge on any atom is -0.493 e. The lowest BCUT2D eigenvalue weighted by atomic mass is 9.84. The molecule has 0 aliphatic carbocycles. The SMILES string of the molecule is CCOc1cc2cn(CC(=O)c3cc(OC(C)C)c(OC)c(C(C)(C)C)c3)c(N)c2c(F)c1OCC. The third-order valence-electron chi connectivity index (χ3n) is 5.73. The largest absolute Gasteiger partial charge is 0.493 e. The molecule has 196 valence electrons. The highest BCUT2D eigenvalue weighted by molar-refractivity contribution is 6.00. The summed E-state index contributed by atoms with van der Waals surface area (Å²) in [5.41, 5.74) is 7.34. The molecule has 0 saturated heterocycles. The first kappa shape index (κ1) is 27.2. The molecule has 0 aliphatic heterocycles. The Balaban J connectivity index is 2.08. The van der Waals surface area contributed by atoms with E-state index in [9.17, 15) is 4.79 Å². The monoisotopic (exact) mass is 500 g/mol. The number of carbonyl (C=O) groups excluding carboxylic acids is 1. The molecule has 2 aromatic carbocycles. The highest BCUT2D eigenvalue weighted by Crippen LogP contribution is 2.42. The van der Waals surface area contributed by atoms with Gasteiger partial charge < -0.3 is 29.2 Å². The number of benzene rings is 2. The zero-order chi connectivity index (χ0) is 26.8. The molecular weight excluding hydrogens is 463 g/mol. The van der Waals surface area contributed by atoms with Crippen molar-refractivity contribution < 1.29 is 28.1 Å². The van der Waals surface area contributed by atoms with Crippen molar-refractivity contribution in [1.82, 2.24) is 4.57 Å². The van der Waals surface area contributed by atoms with Crippen LogP contribution >= 0.6 is 0 Å². The van der Waals surface area contributed by atoms with Gasteiger partial charge in [0.05, 0.1) is 38.4 Å². The van der Waals surface area contributed by atoms with Gasteiger partial charge in [0, 0.05) is 22.7 Å². The maximum absolute atomic E-state index is 15.4.